The van der Waals surface area contributed by atoms with E-state index in [0.29, 0.717) is 0 Å². The molecule has 17 heteroatoms. The molecular weight excluding hydrogens is 615 g/mol. The van der Waals surface area contributed by atoms with Gasteiger partial charge in [-0.25, -0.2) is 8.78 Å². The lowest BCUT2D eigenvalue weighted by molar-refractivity contribution is -0.348. The minimum absolute atomic E-state index is 0.0316. The van der Waals surface area contributed by atoms with Gasteiger partial charge in [0.05, 0.1) is 22.5 Å². The predicted octanol–water partition coefficient (Wildman–Crippen LogP) is 6.70. The standard InChI is InChI=1S/C21H15BrF11N3O2/c1-9(37)34-5-6-35-14-4-2-3-11(15(14)23)17(38)36-16-12(19(25,26)27)7-10(8-13(16)22)18(24,20(28,29)30)21(31,32)33/h2-4,7-8,35H,5-6H2,1H3,(H,34,37)(H,36,38). The highest BCUT2D eigenvalue weighted by atomic mass is 79.9. The maximum Gasteiger partial charge on any atom is 0.435 e. The van der Waals surface area contributed by atoms with Crippen molar-refractivity contribution in [2.24, 2.45) is 0 Å². The smallest absolute Gasteiger partial charge is 0.381 e. The average Bonchev–Trinajstić information content (AvgIpc) is 2.75. The van der Waals surface area contributed by atoms with Crippen LogP contribution in [0.4, 0.5) is 59.7 Å². The Balaban J connectivity index is 2.53. The SMILES string of the molecule is CC(=O)NCCNc1cccc(C(=O)Nc2c(Br)cc(C(F)(C(F)(F)F)C(F)(F)F)cc2C(F)(F)F)c1F. The zero-order valence-corrected chi connectivity index (χ0v) is 20.2. The number of benzene rings is 2. The molecule has 38 heavy (non-hydrogen) atoms. The normalized spacial score (nSPS) is 12.8. The molecule has 0 aliphatic carbocycles. The summed E-state index contributed by atoms with van der Waals surface area (Å²) in [6.45, 7) is 1.22. The third-order valence-corrected chi connectivity index (χ3v) is 5.50. The van der Waals surface area contributed by atoms with Crippen molar-refractivity contribution in [2.75, 3.05) is 23.7 Å². The van der Waals surface area contributed by atoms with E-state index in [9.17, 15) is 57.9 Å². The zero-order chi connectivity index (χ0) is 29.3. The number of halogens is 12. The molecule has 0 spiro atoms. The number of anilines is 2. The first-order chi connectivity index (χ1) is 17.2. The highest BCUT2D eigenvalue weighted by Gasteiger charge is 2.73. The lowest BCUT2D eigenvalue weighted by Gasteiger charge is -2.31. The van der Waals surface area contributed by atoms with Crippen LogP contribution in [0.2, 0.25) is 0 Å². The maximum absolute atomic E-state index is 14.8. The summed E-state index contributed by atoms with van der Waals surface area (Å²) in [5.41, 5.74) is -13.5. The van der Waals surface area contributed by atoms with Crippen LogP contribution in [0.25, 0.3) is 0 Å². The van der Waals surface area contributed by atoms with E-state index in [1.165, 1.54) is 6.92 Å². The lowest BCUT2D eigenvalue weighted by Crippen LogP contribution is -2.50. The molecule has 0 heterocycles. The Morgan fingerprint density at radius 3 is 1.97 bits per heavy atom. The quantitative estimate of drug-likeness (QED) is 0.236. The van der Waals surface area contributed by atoms with Crippen molar-refractivity contribution in [1.82, 2.24) is 5.32 Å². The zero-order valence-electron chi connectivity index (χ0n) is 18.7. The van der Waals surface area contributed by atoms with Gasteiger partial charge in [0.1, 0.15) is 0 Å². The van der Waals surface area contributed by atoms with Gasteiger partial charge in [-0.2, -0.15) is 39.5 Å². The van der Waals surface area contributed by atoms with Crippen molar-refractivity contribution >= 4 is 39.1 Å². The van der Waals surface area contributed by atoms with E-state index in [0.717, 1.165) is 18.2 Å². The molecule has 2 aromatic carbocycles. The first-order valence-corrected chi connectivity index (χ1v) is 10.8. The Kier molecular flexibility index (Phi) is 8.96. The number of alkyl halides is 10. The second-order valence-electron chi connectivity index (χ2n) is 7.56. The number of hydrogen-bond donors (Lipinski definition) is 3. The van der Waals surface area contributed by atoms with Crippen LogP contribution in [0.3, 0.4) is 0 Å². The van der Waals surface area contributed by atoms with Gasteiger partial charge >= 0.3 is 24.2 Å². The molecule has 0 fully saturated rings. The molecule has 5 nitrogen and oxygen atoms in total. The molecule has 0 saturated carbocycles. The van der Waals surface area contributed by atoms with Crippen molar-refractivity contribution in [1.29, 1.82) is 0 Å². The molecule has 210 valence electrons. The molecular formula is C21H15BrF11N3O2. The minimum Gasteiger partial charge on any atom is -0.381 e. The van der Waals surface area contributed by atoms with Crippen LogP contribution in [0.1, 0.15) is 28.4 Å². The third-order valence-electron chi connectivity index (χ3n) is 4.87. The largest absolute Gasteiger partial charge is 0.435 e. The van der Waals surface area contributed by atoms with Gasteiger partial charge in [-0.15, -0.1) is 0 Å². The summed E-state index contributed by atoms with van der Waals surface area (Å²) < 4.78 is 147. The van der Waals surface area contributed by atoms with Crippen LogP contribution in [0.15, 0.2) is 34.8 Å². The first kappa shape index (κ1) is 31.1. The second-order valence-corrected chi connectivity index (χ2v) is 8.42. The number of carbonyl (C=O) groups excluding carboxylic acids is 2. The molecule has 3 N–H and O–H groups in total. The van der Waals surface area contributed by atoms with Gasteiger partial charge in [-0.05, 0) is 40.2 Å². The minimum atomic E-state index is -6.70. The summed E-state index contributed by atoms with van der Waals surface area (Å²) in [7, 11) is 0. The number of amides is 2. The van der Waals surface area contributed by atoms with E-state index >= 15 is 0 Å². The van der Waals surface area contributed by atoms with Crippen LogP contribution in [0, 0.1) is 5.82 Å². The predicted molar refractivity (Wildman–Crippen MR) is 116 cm³/mol. The Labute approximate surface area is 214 Å². The van der Waals surface area contributed by atoms with E-state index in [-0.39, 0.29) is 24.8 Å². The summed E-state index contributed by atoms with van der Waals surface area (Å²) in [5, 5.41) is 6.49. The van der Waals surface area contributed by atoms with E-state index in [4.69, 9.17) is 0 Å². The molecule has 0 saturated heterocycles. The molecule has 0 aliphatic heterocycles. The number of carbonyl (C=O) groups is 2. The molecule has 0 radical (unpaired) electrons. The second kappa shape index (κ2) is 10.9. The summed E-state index contributed by atoms with van der Waals surface area (Å²) in [6.07, 6.45) is -19.1. The topological polar surface area (TPSA) is 70.2 Å². The Hall–Kier alpha value is -3.11. The van der Waals surface area contributed by atoms with Crippen LogP contribution in [-0.2, 0) is 16.6 Å². The fraction of sp³-hybridized carbons (Fsp3) is 0.333. The fourth-order valence-corrected chi connectivity index (χ4v) is 3.66. The van der Waals surface area contributed by atoms with Gasteiger partial charge in [-0.1, -0.05) is 6.07 Å². The summed E-state index contributed by atoms with van der Waals surface area (Å²) in [6, 6.07) is 2.13. The Bertz CT molecular complexity index is 1200. The Morgan fingerprint density at radius 2 is 1.47 bits per heavy atom. The van der Waals surface area contributed by atoms with Crippen LogP contribution in [0.5, 0.6) is 0 Å². The summed E-state index contributed by atoms with van der Waals surface area (Å²) >= 11 is 2.35. The van der Waals surface area contributed by atoms with Crippen LogP contribution >= 0.6 is 15.9 Å². The van der Waals surface area contributed by atoms with Gasteiger partial charge < -0.3 is 16.0 Å². The highest BCUT2D eigenvalue weighted by molar-refractivity contribution is 9.10. The van der Waals surface area contributed by atoms with Gasteiger partial charge in [-0.3, -0.25) is 9.59 Å². The molecule has 0 unspecified atom stereocenters. The van der Waals surface area contributed by atoms with Crippen LogP contribution in [-0.4, -0.2) is 37.3 Å². The molecule has 0 bridgehead atoms. The van der Waals surface area contributed by atoms with E-state index in [1.54, 1.807) is 5.32 Å². The molecule has 0 atom stereocenters. The average molecular weight is 630 g/mol. The van der Waals surface area contributed by atoms with Gasteiger partial charge in [0.15, 0.2) is 5.82 Å². The lowest BCUT2D eigenvalue weighted by atomic mass is 9.92. The summed E-state index contributed by atoms with van der Waals surface area (Å²) in [4.78, 5) is 23.4. The molecule has 2 rings (SSSR count). The van der Waals surface area contributed by atoms with Crippen molar-refractivity contribution in [2.45, 2.75) is 31.1 Å². The van der Waals surface area contributed by atoms with Crippen molar-refractivity contribution in [3.05, 3.63) is 57.3 Å². The Morgan fingerprint density at radius 1 is 0.895 bits per heavy atom. The monoisotopic (exact) mass is 629 g/mol. The highest BCUT2D eigenvalue weighted by Crippen LogP contribution is 2.55. The van der Waals surface area contributed by atoms with Crippen molar-refractivity contribution in [3.8, 4) is 0 Å². The molecule has 0 aliphatic rings. The van der Waals surface area contributed by atoms with E-state index in [2.05, 4.69) is 26.6 Å². The van der Waals surface area contributed by atoms with Crippen molar-refractivity contribution in [3.63, 3.8) is 0 Å². The summed E-state index contributed by atoms with van der Waals surface area (Å²) in [5.74, 6) is -3.23. The van der Waals surface area contributed by atoms with Crippen LogP contribution < -0.4 is 16.0 Å². The van der Waals surface area contributed by atoms with Gasteiger partial charge in [0.25, 0.3) is 5.91 Å². The fourth-order valence-electron chi connectivity index (χ4n) is 3.10. The molecule has 2 aromatic rings. The number of rotatable bonds is 7. The van der Waals surface area contributed by atoms with Gasteiger partial charge in [0.2, 0.25) is 5.91 Å². The van der Waals surface area contributed by atoms with Gasteiger partial charge in [0, 0.05) is 30.0 Å². The molecule has 0 aromatic heterocycles. The van der Waals surface area contributed by atoms with E-state index < -0.39 is 74.7 Å². The maximum atomic E-state index is 14.8. The first-order valence-electron chi connectivity index (χ1n) is 10.0. The number of nitrogens with one attached hydrogen (secondary N) is 3. The third kappa shape index (κ3) is 6.47. The van der Waals surface area contributed by atoms with E-state index in [1.807, 2.05) is 0 Å². The molecule has 2 amide bonds. The number of hydrogen-bond acceptors (Lipinski definition) is 3. The van der Waals surface area contributed by atoms with Crippen molar-refractivity contribution < 1.29 is 57.9 Å².